The number of carboxylic acid groups (broad SMARTS) is 2. The van der Waals surface area contributed by atoms with Crippen molar-refractivity contribution in [2.24, 2.45) is 17.3 Å². The third-order valence-corrected chi connectivity index (χ3v) is 9.32. The van der Waals surface area contributed by atoms with Gasteiger partial charge in [0, 0.05) is 44.7 Å². The molecule has 35 heavy (non-hydrogen) atoms. The van der Waals surface area contributed by atoms with Gasteiger partial charge in [-0.2, -0.15) is 0 Å². The second-order valence-corrected chi connectivity index (χ2v) is 11.6. The van der Waals surface area contributed by atoms with Crippen molar-refractivity contribution in [2.45, 2.75) is 90.2 Å². The van der Waals surface area contributed by atoms with E-state index in [-0.39, 0.29) is 23.4 Å². The molecule has 2 heterocycles. The Kier molecular flexibility index (Phi) is 8.21. The van der Waals surface area contributed by atoms with Crippen LogP contribution < -0.4 is 0 Å². The van der Waals surface area contributed by atoms with E-state index in [1.807, 2.05) is 0 Å². The molecule has 2 saturated carbocycles. The average molecular weight is 491 g/mol. The van der Waals surface area contributed by atoms with Gasteiger partial charge >= 0.3 is 17.9 Å². The molecule has 3 aliphatic carbocycles. The highest BCUT2D eigenvalue weighted by Crippen LogP contribution is 2.55. The Labute approximate surface area is 208 Å². The van der Waals surface area contributed by atoms with E-state index in [0.717, 1.165) is 38.5 Å². The van der Waals surface area contributed by atoms with Gasteiger partial charge in [-0.1, -0.05) is 37.3 Å². The van der Waals surface area contributed by atoms with Crippen LogP contribution in [-0.2, 0) is 19.1 Å². The summed E-state index contributed by atoms with van der Waals surface area (Å²) in [4.78, 5) is 36.3. The Bertz CT molecular complexity index is 831. The minimum atomic E-state index is -1.82. The molecular formula is C27H42N2O6. The maximum atomic E-state index is 12.8. The number of allylic oxidation sites excluding steroid dienone is 2. The summed E-state index contributed by atoms with van der Waals surface area (Å²) in [6.45, 7) is 10.3. The number of hydrogen-bond donors (Lipinski definition) is 2. The van der Waals surface area contributed by atoms with Crippen LogP contribution in [-0.4, -0.2) is 82.8 Å². The molecule has 5 rings (SSSR count). The van der Waals surface area contributed by atoms with Crippen LogP contribution >= 0.6 is 0 Å². The Morgan fingerprint density at radius 2 is 1.69 bits per heavy atom. The highest BCUT2D eigenvalue weighted by molar-refractivity contribution is 6.27. The van der Waals surface area contributed by atoms with E-state index in [0.29, 0.717) is 5.92 Å². The van der Waals surface area contributed by atoms with Gasteiger partial charge in [0.25, 0.3) is 0 Å². The summed E-state index contributed by atoms with van der Waals surface area (Å²) >= 11 is 0. The van der Waals surface area contributed by atoms with Gasteiger partial charge in [-0.05, 0) is 57.3 Å². The summed E-state index contributed by atoms with van der Waals surface area (Å²) in [5, 5.41) is 14.8. The number of carbonyl (C=O) groups excluding carboxylic acids is 1. The van der Waals surface area contributed by atoms with E-state index >= 15 is 0 Å². The minimum absolute atomic E-state index is 0.0907. The van der Waals surface area contributed by atoms with E-state index in [1.54, 1.807) is 11.1 Å². The van der Waals surface area contributed by atoms with Crippen LogP contribution in [0.25, 0.3) is 0 Å². The Balaban J connectivity index is 0.000000431. The topological polar surface area (TPSA) is 107 Å². The molecule has 0 radical (unpaired) electrons. The second-order valence-electron chi connectivity index (χ2n) is 11.6. The number of carboxylic acids is 2. The number of piperazine rings is 1. The predicted octanol–water partition coefficient (Wildman–Crippen LogP) is 3.55. The van der Waals surface area contributed by atoms with Gasteiger partial charge in [0.1, 0.15) is 6.10 Å². The van der Waals surface area contributed by atoms with Crippen molar-refractivity contribution < 1.29 is 29.3 Å². The molecule has 5 aliphatic rings. The van der Waals surface area contributed by atoms with Crippen LogP contribution in [0.2, 0.25) is 0 Å². The van der Waals surface area contributed by atoms with Crippen LogP contribution in [0.1, 0.15) is 78.1 Å². The second kappa shape index (κ2) is 11.0. The molecule has 0 bridgehead atoms. The van der Waals surface area contributed by atoms with Gasteiger partial charge in [0.2, 0.25) is 0 Å². The summed E-state index contributed by atoms with van der Waals surface area (Å²) in [6, 6.07) is 0.823. The van der Waals surface area contributed by atoms with E-state index in [9.17, 15) is 4.79 Å². The van der Waals surface area contributed by atoms with Gasteiger partial charge in [0.05, 0.1) is 5.92 Å². The Morgan fingerprint density at radius 3 is 2.31 bits per heavy atom. The van der Waals surface area contributed by atoms with Crippen LogP contribution in [0.15, 0.2) is 11.1 Å². The fraction of sp³-hybridized carbons (Fsp3) is 0.815. The van der Waals surface area contributed by atoms with Crippen LogP contribution in [0.3, 0.4) is 0 Å². The lowest BCUT2D eigenvalue weighted by molar-refractivity contribution is -0.159. The SMILES string of the molecule is CC1=C2C[C@@H]3C(CN4CCN(C5CCCCC5)CC4)C(=O)O[C@@H]3C[C@@]2(C)CCC1.O=C(O)C(=O)O. The van der Waals surface area contributed by atoms with Gasteiger partial charge in [-0.25, -0.2) is 9.59 Å². The largest absolute Gasteiger partial charge is 0.473 e. The molecule has 2 saturated heterocycles. The van der Waals surface area contributed by atoms with Crippen molar-refractivity contribution >= 4 is 17.9 Å². The molecule has 4 fully saturated rings. The first kappa shape index (κ1) is 26.1. The van der Waals surface area contributed by atoms with Gasteiger partial charge in [0.15, 0.2) is 0 Å². The van der Waals surface area contributed by atoms with E-state index in [4.69, 9.17) is 24.5 Å². The molecule has 8 heteroatoms. The van der Waals surface area contributed by atoms with Crippen molar-refractivity contribution in [2.75, 3.05) is 32.7 Å². The fourth-order valence-electron chi connectivity index (χ4n) is 7.36. The molecule has 1 unspecified atom stereocenters. The van der Waals surface area contributed by atoms with Crippen molar-refractivity contribution in [1.29, 1.82) is 0 Å². The van der Waals surface area contributed by atoms with Gasteiger partial charge in [-0.15, -0.1) is 0 Å². The fourth-order valence-corrected chi connectivity index (χ4v) is 7.36. The van der Waals surface area contributed by atoms with E-state index in [2.05, 4.69) is 23.6 Å². The average Bonchev–Trinajstić information content (AvgIpc) is 3.12. The summed E-state index contributed by atoms with van der Waals surface area (Å²) in [7, 11) is 0. The monoisotopic (exact) mass is 490 g/mol. The van der Waals surface area contributed by atoms with Crippen molar-refractivity contribution in [1.82, 2.24) is 9.80 Å². The maximum Gasteiger partial charge on any atom is 0.414 e. The van der Waals surface area contributed by atoms with Crippen LogP contribution in [0.5, 0.6) is 0 Å². The van der Waals surface area contributed by atoms with Gasteiger partial charge in [-0.3, -0.25) is 14.6 Å². The number of aliphatic carboxylic acids is 2. The molecule has 4 atom stereocenters. The zero-order chi connectivity index (χ0) is 25.2. The third-order valence-electron chi connectivity index (χ3n) is 9.32. The first-order chi connectivity index (χ1) is 16.7. The zero-order valence-corrected chi connectivity index (χ0v) is 21.3. The quantitative estimate of drug-likeness (QED) is 0.351. The summed E-state index contributed by atoms with van der Waals surface area (Å²) in [6.07, 6.45) is 13.2. The standard InChI is InChI=1S/C25H40N2O2.C2H2O4/c1-18-7-6-10-25(2)16-23-20(15-22(18)25)21(24(28)29-23)17-26-11-13-27(14-12-26)19-8-4-3-5-9-19;3-1(4)2(5)6/h19-21,23H,3-17H2,1-2H3;(H,3,4)(H,5,6)/t20-,21?,23-,25-;/m1./s1. The summed E-state index contributed by atoms with van der Waals surface area (Å²) in [5.41, 5.74) is 3.57. The highest BCUT2D eigenvalue weighted by atomic mass is 16.6. The molecule has 0 amide bonds. The number of hydrogen-bond acceptors (Lipinski definition) is 6. The first-order valence-corrected chi connectivity index (χ1v) is 13.5. The number of carbonyl (C=O) groups is 3. The van der Waals surface area contributed by atoms with Crippen LogP contribution in [0.4, 0.5) is 0 Å². The molecule has 196 valence electrons. The van der Waals surface area contributed by atoms with Crippen molar-refractivity contribution in [3.8, 4) is 0 Å². The van der Waals surface area contributed by atoms with Crippen molar-refractivity contribution in [3.63, 3.8) is 0 Å². The molecule has 8 nitrogen and oxygen atoms in total. The predicted molar refractivity (Wildman–Crippen MR) is 131 cm³/mol. The highest BCUT2D eigenvalue weighted by Gasteiger charge is 2.53. The number of ether oxygens (including phenoxy) is 1. The molecule has 0 aromatic carbocycles. The summed E-state index contributed by atoms with van der Waals surface area (Å²) in [5.74, 6) is -3.05. The zero-order valence-electron chi connectivity index (χ0n) is 21.3. The molecule has 0 aromatic rings. The summed E-state index contributed by atoms with van der Waals surface area (Å²) < 4.78 is 5.99. The number of esters is 1. The van der Waals surface area contributed by atoms with Crippen LogP contribution in [0, 0.1) is 17.3 Å². The third kappa shape index (κ3) is 5.91. The van der Waals surface area contributed by atoms with Gasteiger partial charge < -0.3 is 14.9 Å². The number of nitrogens with zero attached hydrogens (tertiary/aromatic N) is 2. The molecule has 2 N–H and O–H groups in total. The van der Waals surface area contributed by atoms with Crippen molar-refractivity contribution in [3.05, 3.63) is 11.1 Å². The Morgan fingerprint density at radius 1 is 1.03 bits per heavy atom. The minimum Gasteiger partial charge on any atom is -0.473 e. The van der Waals surface area contributed by atoms with E-state index in [1.165, 1.54) is 64.5 Å². The lowest BCUT2D eigenvalue weighted by Gasteiger charge is -2.46. The molecular weight excluding hydrogens is 448 g/mol. The van der Waals surface area contributed by atoms with E-state index < -0.39 is 11.9 Å². The normalized spacial score (nSPS) is 34.3. The maximum absolute atomic E-state index is 12.8. The lowest BCUT2D eigenvalue weighted by Crippen LogP contribution is -2.52. The molecule has 0 spiro atoms. The number of fused-ring (bicyclic) bond motifs is 2. The lowest BCUT2D eigenvalue weighted by atomic mass is 9.59. The first-order valence-electron chi connectivity index (χ1n) is 13.5. The smallest absolute Gasteiger partial charge is 0.414 e. The molecule has 0 aromatic heterocycles. The Hall–Kier alpha value is -1.93. The molecule has 2 aliphatic heterocycles. The number of rotatable bonds is 3.